The number of sulfonamides is 1. The van der Waals surface area contributed by atoms with Crippen molar-refractivity contribution in [1.29, 1.82) is 0 Å². The second-order valence-electron chi connectivity index (χ2n) is 8.37. The summed E-state index contributed by atoms with van der Waals surface area (Å²) in [5.74, 6) is 0.979. The van der Waals surface area contributed by atoms with E-state index in [1.54, 1.807) is 23.1 Å². The van der Waals surface area contributed by atoms with Crippen LogP contribution < -0.4 is 14.4 Å². The van der Waals surface area contributed by atoms with Gasteiger partial charge in [-0.3, -0.25) is 14.9 Å². The van der Waals surface area contributed by atoms with E-state index in [2.05, 4.69) is 0 Å². The van der Waals surface area contributed by atoms with Gasteiger partial charge in [0.1, 0.15) is 5.69 Å². The van der Waals surface area contributed by atoms with Crippen molar-refractivity contribution in [3.05, 3.63) is 52.1 Å². The van der Waals surface area contributed by atoms with Crippen LogP contribution in [0, 0.1) is 10.1 Å². The monoisotopic (exact) mass is 488 g/mol. The molecule has 3 aliphatic rings. The van der Waals surface area contributed by atoms with Crippen LogP contribution in [0.2, 0.25) is 0 Å². The van der Waals surface area contributed by atoms with E-state index in [0.29, 0.717) is 62.0 Å². The Morgan fingerprint density at radius 3 is 2.32 bits per heavy atom. The van der Waals surface area contributed by atoms with E-state index in [9.17, 15) is 23.3 Å². The minimum absolute atomic E-state index is 0.0681. The number of anilines is 1. The molecule has 3 aliphatic heterocycles. The average molecular weight is 489 g/mol. The van der Waals surface area contributed by atoms with Crippen LogP contribution in [0.1, 0.15) is 23.2 Å². The third kappa shape index (κ3) is 4.03. The summed E-state index contributed by atoms with van der Waals surface area (Å²) in [6.07, 6.45) is 1.57. The Morgan fingerprint density at radius 2 is 1.62 bits per heavy atom. The third-order valence-electron chi connectivity index (χ3n) is 6.37. The molecule has 2 saturated heterocycles. The molecular formula is C22H24N4O7S. The first kappa shape index (κ1) is 22.4. The minimum Gasteiger partial charge on any atom is -0.454 e. The molecule has 2 aromatic carbocycles. The summed E-state index contributed by atoms with van der Waals surface area (Å²) in [6.45, 7) is 2.50. The Bertz CT molecular complexity index is 1240. The second kappa shape index (κ2) is 8.76. The second-order valence-corrected chi connectivity index (χ2v) is 10.3. The van der Waals surface area contributed by atoms with Gasteiger partial charge in [0, 0.05) is 50.9 Å². The number of nitrogens with zero attached hydrogens (tertiary/aromatic N) is 4. The number of ether oxygens (including phenoxy) is 2. The Hall–Kier alpha value is -3.38. The zero-order chi connectivity index (χ0) is 23.9. The fourth-order valence-electron chi connectivity index (χ4n) is 4.52. The van der Waals surface area contributed by atoms with E-state index in [-0.39, 0.29) is 23.3 Å². The highest BCUT2D eigenvalue weighted by atomic mass is 32.2. The van der Waals surface area contributed by atoms with Crippen molar-refractivity contribution in [3.8, 4) is 11.5 Å². The molecule has 2 aromatic rings. The summed E-state index contributed by atoms with van der Waals surface area (Å²) in [5.41, 5.74) is 0.580. The quantitative estimate of drug-likeness (QED) is 0.463. The molecule has 0 aromatic heterocycles. The van der Waals surface area contributed by atoms with Crippen molar-refractivity contribution < 1.29 is 27.6 Å². The molecule has 2 fully saturated rings. The van der Waals surface area contributed by atoms with E-state index in [1.165, 1.54) is 16.4 Å². The number of piperazine rings is 1. The molecule has 0 saturated carbocycles. The van der Waals surface area contributed by atoms with Crippen LogP contribution in [-0.2, 0) is 10.0 Å². The highest BCUT2D eigenvalue weighted by molar-refractivity contribution is 7.89. The zero-order valence-electron chi connectivity index (χ0n) is 18.4. The molecule has 0 bridgehead atoms. The van der Waals surface area contributed by atoms with E-state index in [0.717, 1.165) is 18.9 Å². The molecule has 180 valence electrons. The smallest absolute Gasteiger partial charge is 0.293 e. The van der Waals surface area contributed by atoms with Gasteiger partial charge < -0.3 is 19.3 Å². The SMILES string of the molecule is O=C(c1ccc2c(c1)OCO2)N1CCN(c2ccc(S(=O)(=O)N3CCCC3)cc2[N+](=O)[O-])CC1. The van der Waals surface area contributed by atoms with Crippen LogP contribution in [0.5, 0.6) is 11.5 Å². The molecule has 0 atom stereocenters. The van der Waals surface area contributed by atoms with Crippen molar-refractivity contribution in [2.24, 2.45) is 0 Å². The Morgan fingerprint density at radius 1 is 0.912 bits per heavy atom. The number of hydrogen-bond donors (Lipinski definition) is 0. The van der Waals surface area contributed by atoms with E-state index in [1.807, 2.05) is 4.90 Å². The van der Waals surface area contributed by atoms with E-state index < -0.39 is 14.9 Å². The van der Waals surface area contributed by atoms with Crippen LogP contribution in [-0.4, -0.2) is 74.5 Å². The number of amides is 1. The van der Waals surface area contributed by atoms with E-state index in [4.69, 9.17) is 9.47 Å². The summed E-state index contributed by atoms with van der Waals surface area (Å²) in [7, 11) is -3.76. The molecule has 0 spiro atoms. The molecule has 5 rings (SSSR count). The number of carbonyl (C=O) groups excluding carboxylic acids is 1. The predicted molar refractivity (Wildman–Crippen MR) is 122 cm³/mol. The molecule has 34 heavy (non-hydrogen) atoms. The van der Waals surface area contributed by atoms with Gasteiger partial charge in [-0.1, -0.05) is 0 Å². The lowest BCUT2D eigenvalue weighted by molar-refractivity contribution is -0.384. The number of benzene rings is 2. The number of nitro groups is 1. The molecule has 0 radical (unpaired) electrons. The van der Waals surface area contributed by atoms with Gasteiger partial charge in [-0.2, -0.15) is 4.31 Å². The summed E-state index contributed by atoms with van der Waals surface area (Å²) >= 11 is 0. The number of fused-ring (bicyclic) bond motifs is 1. The molecule has 12 heteroatoms. The fraction of sp³-hybridized carbons (Fsp3) is 0.409. The Kier molecular flexibility index (Phi) is 5.78. The van der Waals surface area contributed by atoms with Crippen LogP contribution in [0.15, 0.2) is 41.3 Å². The minimum atomic E-state index is -3.76. The van der Waals surface area contributed by atoms with Crippen LogP contribution >= 0.6 is 0 Å². The summed E-state index contributed by atoms with van der Waals surface area (Å²) in [6, 6.07) is 9.12. The van der Waals surface area contributed by atoms with Crippen LogP contribution in [0.4, 0.5) is 11.4 Å². The third-order valence-corrected chi connectivity index (χ3v) is 8.27. The van der Waals surface area contributed by atoms with Gasteiger partial charge in [-0.25, -0.2) is 8.42 Å². The summed E-state index contributed by atoms with van der Waals surface area (Å²) < 4.78 is 37.7. The van der Waals surface area contributed by atoms with Gasteiger partial charge in [0.25, 0.3) is 11.6 Å². The van der Waals surface area contributed by atoms with Gasteiger partial charge in [-0.15, -0.1) is 0 Å². The molecular weight excluding hydrogens is 464 g/mol. The van der Waals surface area contributed by atoms with Gasteiger partial charge in [0.2, 0.25) is 16.8 Å². The number of nitro benzene ring substituents is 1. The highest BCUT2D eigenvalue weighted by Gasteiger charge is 2.32. The van der Waals surface area contributed by atoms with Crippen molar-refractivity contribution in [2.45, 2.75) is 17.7 Å². The topological polar surface area (TPSA) is 123 Å². The predicted octanol–water partition coefficient (Wildman–Crippen LogP) is 2.07. The lowest BCUT2D eigenvalue weighted by atomic mass is 10.1. The molecule has 11 nitrogen and oxygen atoms in total. The van der Waals surface area contributed by atoms with Gasteiger partial charge in [0.05, 0.1) is 9.82 Å². The maximum Gasteiger partial charge on any atom is 0.293 e. The number of hydrogen-bond acceptors (Lipinski definition) is 8. The van der Waals surface area contributed by atoms with Crippen molar-refractivity contribution in [1.82, 2.24) is 9.21 Å². The van der Waals surface area contributed by atoms with Crippen molar-refractivity contribution in [2.75, 3.05) is 51.0 Å². The number of carbonyl (C=O) groups is 1. The van der Waals surface area contributed by atoms with Gasteiger partial charge in [-0.05, 0) is 43.2 Å². The largest absolute Gasteiger partial charge is 0.454 e. The fourth-order valence-corrected chi connectivity index (χ4v) is 6.06. The molecule has 3 heterocycles. The van der Waals surface area contributed by atoms with Crippen LogP contribution in [0.25, 0.3) is 0 Å². The lowest BCUT2D eigenvalue weighted by Gasteiger charge is -2.36. The first-order valence-electron chi connectivity index (χ1n) is 11.1. The van der Waals surface area contributed by atoms with Gasteiger partial charge in [0.15, 0.2) is 11.5 Å². The zero-order valence-corrected chi connectivity index (χ0v) is 19.2. The van der Waals surface area contributed by atoms with Gasteiger partial charge >= 0.3 is 0 Å². The standard InChI is InChI=1S/C22H24N4O7S/c27-22(16-3-6-20-21(13-16)33-15-32-20)24-11-9-23(10-12-24)18-5-4-17(14-19(18)26(28)29)34(30,31)25-7-1-2-8-25/h3-6,13-14H,1-2,7-12,15H2. The molecule has 1 amide bonds. The molecule has 0 unspecified atom stereocenters. The molecule has 0 N–H and O–H groups in total. The van der Waals surface area contributed by atoms with E-state index >= 15 is 0 Å². The normalized spacial score (nSPS) is 18.4. The average Bonchev–Trinajstić information content (AvgIpc) is 3.55. The first-order chi connectivity index (χ1) is 16.3. The highest BCUT2D eigenvalue weighted by Crippen LogP contribution is 2.35. The Balaban J connectivity index is 1.31. The lowest BCUT2D eigenvalue weighted by Crippen LogP contribution is -2.49. The Labute approximate surface area is 196 Å². The summed E-state index contributed by atoms with van der Waals surface area (Å²) in [4.78, 5) is 27.6. The maximum absolute atomic E-state index is 12.9. The maximum atomic E-state index is 12.9. The molecule has 0 aliphatic carbocycles. The number of rotatable bonds is 5. The van der Waals surface area contributed by atoms with Crippen molar-refractivity contribution >= 4 is 27.3 Å². The van der Waals surface area contributed by atoms with Crippen molar-refractivity contribution in [3.63, 3.8) is 0 Å². The van der Waals surface area contributed by atoms with Crippen LogP contribution in [0.3, 0.4) is 0 Å². The summed E-state index contributed by atoms with van der Waals surface area (Å²) in [5, 5.41) is 11.8. The first-order valence-corrected chi connectivity index (χ1v) is 12.5.